The van der Waals surface area contributed by atoms with Gasteiger partial charge >= 0.3 is 0 Å². The van der Waals surface area contributed by atoms with Crippen molar-refractivity contribution in [1.29, 1.82) is 0 Å². The van der Waals surface area contributed by atoms with Crippen molar-refractivity contribution >= 4 is 10.0 Å². The fourth-order valence-corrected chi connectivity index (χ4v) is 2.20. The normalized spacial score (nSPS) is 11.4. The van der Waals surface area contributed by atoms with Crippen molar-refractivity contribution in [2.45, 2.75) is 11.8 Å². The average Bonchev–Trinajstić information content (AvgIpc) is 2.18. The van der Waals surface area contributed by atoms with Gasteiger partial charge in [0.2, 0.25) is 10.0 Å². The summed E-state index contributed by atoms with van der Waals surface area (Å²) in [4.78, 5) is 0.249. The number of hydrogen-bond donors (Lipinski definition) is 1. The standard InChI is InChI=1S/C9H13NO3S/c1-7-8(13-3)5-4-6-9(7)14(11,12)10-2/h4-6,10H,1-3H3. The van der Waals surface area contributed by atoms with Crippen molar-refractivity contribution < 1.29 is 13.2 Å². The number of benzene rings is 1. The summed E-state index contributed by atoms with van der Waals surface area (Å²) in [7, 11) is -0.496. The van der Waals surface area contributed by atoms with Crippen LogP contribution in [0.3, 0.4) is 0 Å². The lowest BCUT2D eigenvalue weighted by molar-refractivity contribution is 0.410. The number of methoxy groups -OCH3 is 1. The first-order valence-corrected chi connectivity index (χ1v) is 5.58. The van der Waals surface area contributed by atoms with Gasteiger partial charge in [0, 0.05) is 5.56 Å². The first-order chi connectivity index (χ1) is 6.53. The Labute approximate surface area is 84.0 Å². The maximum Gasteiger partial charge on any atom is 0.240 e. The molecule has 4 nitrogen and oxygen atoms in total. The van der Waals surface area contributed by atoms with Gasteiger partial charge in [0.1, 0.15) is 5.75 Å². The number of ether oxygens (including phenoxy) is 1. The van der Waals surface area contributed by atoms with Crippen molar-refractivity contribution in [2.24, 2.45) is 0 Å². The van der Waals surface area contributed by atoms with Crippen molar-refractivity contribution in [3.05, 3.63) is 23.8 Å². The van der Waals surface area contributed by atoms with Crippen LogP contribution in [0, 0.1) is 6.92 Å². The molecule has 5 heteroatoms. The topological polar surface area (TPSA) is 55.4 Å². The minimum Gasteiger partial charge on any atom is -0.496 e. The molecule has 0 aliphatic carbocycles. The minimum absolute atomic E-state index is 0.249. The van der Waals surface area contributed by atoms with Gasteiger partial charge in [-0.3, -0.25) is 0 Å². The van der Waals surface area contributed by atoms with Gasteiger partial charge in [-0.15, -0.1) is 0 Å². The molecule has 0 aliphatic rings. The van der Waals surface area contributed by atoms with Crippen molar-refractivity contribution in [3.63, 3.8) is 0 Å². The highest BCUT2D eigenvalue weighted by Gasteiger charge is 2.16. The SMILES string of the molecule is CNS(=O)(=O)c1cccc(OC)c1C. The van der Waals surface area contributed by atoms with E-state index in [1.165, 1.54) is 14.2 Å². The van der Waals surface area contributed by atoms with E-state index in [0.717, 1.165) is 0 Å². The maximum atomic E-state index is 11.5. The molecule has 0 spiro atoms. The summed E-state index contributed by atoms with van der Waals surface area (Å²) in [5.74, 6) is 0.571. The van der Waals surface area contributed by atoms with Crippen molar-refractivity contribution in [2.75, 3.05) is 14.2 Å². The largest absolute Gasteiger partial charge is 0.496 e. The molecule has 0 fully saturated rings. The molecular weight excluding hydrogens is 202 g/mol. The summed E-state index contributed by atoms with van der Waals surface area (Å²) in [6, 6.07) is 4.92. The van der Waals surface area contributed by atoms with Crippen LogP contribution in [-0.2, 0) is 10.0 Å². The molecule has 0 unspecified atom stereocenters. The Kier molecular flexibility index (Phi) is 3.13. The minimum atomic E-state index is -3.39. The first kappa shape index (κ1) is 11.0. The van der Waals surface area contributed by atoms with Crippen molar-refractivity contribution in [3.8, 4) is 5.75 Å². The monoisotopic (exact) mass is 215 g/mol. The number of sulfonamides is 1. The van der Waals surface area contributed by atoms with E-state index in [1.54, 1.807) is 25.1 Å². The summed E-state index contributed by atoms with van der Waals surface area (Å²) in [6.45, 7) is 1.71. The quantitative estimate of drug-likeness (QED) is 0.815. The van der Waals surface area contributed by atoms with Gasteiger partial charge in [-0.2, -0.15) is 0 Å². The molecule has 1 aromatic rings. The van der Waals surface area contributed by atoms with Crippen LogP contribution in [0.4, 0.5) is 0 Å². The summed E-state index contributed by atoms with van der Waals surface area (Å²) in [5, 5.41) is 0. The van der Waals surface area contributed by atoms with E-state index in [0.29, 0.717) is 11.3 Å². The molecule has 14 heavy (non-hydrogen) atoms. The Morgan fingerprint density at radius 1 is 1.36 bits per heavy atom. The van der Waals surface area contributed by atoms with Gasteiger partial charge in [-0.25, -0.2) is 13.1 Å². The van der Waals surface area contributed by atoms with E-state index >= 15 is 0 Å². The average molecular weight is 215 g/mol. The molecule has 0 heterocycles. The molecule has 1 rings (SSSR count). The highest BCUT2D eigenvalue weighted by molar-refractivity contribution is 7.89. The lowest BCUT2D eigenvalue weighted by Crippen LogP contribution is -2.19. The third-order valence-electron chi connectivity index (χ3n) is 2.01. The van der Waals surface area contributed by atoms with Crippen LogP contribution in [-0.4, -0.2) is 22.6 Å². The summed E-state index contributed by atoms with van der Waals surface area (Å²) in [5.41, 5.74) is 0.615. The highest BCUT2D eigenvalue weighted by atomic mass is 32.2. The van der Waals surface area contributed by atoms with E-state index in [-0.39, 0.29) is 4.90 Å². The van der Waals surface area contributed by atoms with E-state index in [4.69, 9.17) is 4.74 Å². The first-order valence-electron chi connectivity index (χ1n) is 4.10. The maximum absolute atomic E-state index is 11.5. The molecule has 1 aromatic carbocycles. The Morgan fingerprint density at radius 3 is 2.50 bits per heavy atom. The number of hydrogen-bond acceptors (Lipinski definition) is 3. The van der Waals surface area contributed by atoms with Gasteiger partial charge in [-0.05, 0) is 26.1 Å². The fraction of sp³-hybridized carbons (Fsp3) is 0.333. The van der Waals surface area contributed by atoms with E-state index < -0.39 is 10.0 Å². The third kappa shape index (κ3) is 1.88. The molecule has 0 amide bonds. The predicted molar refractivity (Wildman–Crippen MR) is 54.0 cm³/mol. The van der Waals surface area contributed by atoms with Crippen LogP contribution < -0.4 is 9.46 Å². The van der Waals surface area contributed by atoms with Crippen LogP contribution >= 0.6 is 0 Å². The van der Waals surface area contributed by atoms with Crippen LogP contribution in [0.2, 0.25) is 0 Å². The zero-order chi connectivity index (χ0) is 10.8. The van der Waals surface area contributed by atoms with E-state index in [1.807, 2.05) is 0 Å². The molecular formula is C9H13NO3S. The van der Waals surface area contributed by atoms with Gasteiger partial charge < -0.3 is 4.74 Å². The second-order valence-electron chi connectivity index (χ2n) is 2.79. The molecule has 0 bridgehead atoms. The summed E-state index contributed by atoms with van der Waals surface area (Å²) < 4.78 is 30.3. The number of nitrogens with one attached hydrogen (secondary N) is 1. The van der Waals surface area contributed by atoms with E-state index in [2.05, 4.69) is 4.72 Å². The molecule has 0 radical (unpaired) electrons. The molecule has 0 saturated heterocycles. The van der Waals surface area contributed by atoms with Crippen LogP contribution in [0.15, 0.2) is 23.1 Å². The molecule has 0 atom stereocenters. The molecule has 0 aliphatic heterocycles. The molecule has 78 valence electrons. The number of rotatable bonds is 3. The zero-order valence-electron chi connectivity index (χ0n) is 8.37. The van der Waals surface area contributed by atoms with Gasteiger partial charge in [0.05, 0.1) is 12.0 Å². The Morgan fingerprint density at radius 2 is 2.00 bits per heavy atom. The molecule has 0 aromatic heterocycles. The second-order valence-corrected chi connectivity index (χ2v) is 4.65. The Hall–Kier alpha value is -1.07. The predicted octanol–water partition coefficient (Wildman–Crippen LogP) is 0.912. The van der Waals surface area contributed by atoms with E-state index in [9.17, 15) is 8.42 Å². The summed E-state index contributed by atoms with van der Waals surface area (Å²) in [6.07, 6.45) is 0. The van der Waals surface area contributed by atoms with Gasteiger partial charge in [0.15, 0.2) is 0 Å². The second kappa shape index (κ2) is 3.98. The zero-order valence-corrected chi connectivity index (χ0v) is 9.18. The molecule has 1 N–H and O–H groups in total. The Balaban J connectivity index is 3.37. The fourth-order valence-electron chi connectivity index (χ4n) is 1.22. The lowest BCUT2D eigenvalue weighted by atomic mass is 10.2. The van der Waals surface area contributed by atoms with Gasteiger partial charge in [-0.1, -0.05) is 6.07 Å². The highest BCUT2D eigenvalue weighted by Crippen LogP contribution is 2.23. The lowest BCUT2D eigenvalue weighted by Gasteiger charge is -2.09. The molecule has 0 saturated carbocycles. The summed E-state index contributed by atoms with van der Waals surface area (Å²) >= 11 is 0. The van der Waals surface area contributed by atoms with Gasteiger partial charge in [0.25, 0.3) is 0 Å². The smallest absolute Gasteiger partial charge is 0.240 e. The van der Waals surface area contributed by atoms with Crippen molar-refractivity contribution in [1.82, 2.24) is 4.72 Å². The van der Waals surface area contributed by atoms with Crippen LogP contribution in [0.5, 0.6) is 5.75 Å². The third-order valence-corrected chi connectivity index (χ3v) is 3.57. The van der Waals surface area contributed by atoms with Crippen LogP contribution in [0.1, 0.15) is 5.56 Å². The Bertz CT molecular complexity index is 426. The van der Waals surface area contributed by atoms with Crippen LogP contribution in [0.25, 0.3) is 0 Å².